The van der Waals surface area contributed by atoms with Gasteiger partial charge in [0, 0.05) is 12.1 Å². The number of rotatable bonds is 9. The molecule has 4 aromatic rings. The summed E-state index contributed by atoms with van der Waals surface area (Å²) in [4.78, 5) is 29.0. The summed E-state index contributed by atoms with van der Waals surface area (Å²) in [6, 6.07) is 17.9. The minimum atomic E-state index is -0.945. The molecule has 2 amide bonds. The van der Waals surface area contributed by atoms with Crippen LogP contribution in [0.1, 0.15) is 50.1 Å². The van der Waals surface area contributed by atoms with Gasteiger partial charge in [-0.25, -0.2) is 4.68 Å². The van der Waals surface area contributed by atoms with Gasteiger partial charge in [-0.3, -0.25) is 9.59 Å². The Hall–Kier alpha value is -3.94. The maximum Gasteiger partial charge on any atom is 0.251 e. The molecule has 4 rings (SSSR count). The molecule has 0 aliphatic carbocycles. The van der Waals surface area contributed by atoms with Gasteiger partial charge >= 0.3 is 0 Å². The zero-order valence-electron chi connectivity index (χ0n) is 20.6. The van der Waals surface area contributed by atoms with E-state index in [1.165, 1.54) is 6.26 Å². The summed E-state index contributed by atoms with van der Waals surface area (Å²) in [7, 11) is 0. The molecule has 2 heterocycles. The highest BCUT2D eigenvalue weighted by molar-refractivity contribution is 5.89. The molecular weight excluding hydrogens is 442 g/mol. The summed E-state index contributed by atoms with van der Waals surface area (Å²) in [5, 5.41) is 11.4. The SMILES string of the molecule is CCC(C)(C)NC(=O)[C@@H](c1ccco1)N(Cc1ccc(C)cc1)C(=O)Cn1nnc2ccccc21. The van der Waals surface area contributed by atoms with Gasteiger partial charge in [-0.2, -0.15) is 0 Å². The highest BCUT2D eigenvalue weighted by atomic mass is 16.3. The molecule has 1 atom stereocenters. The second-order valence-corrected chi connectivity index (χ2v) is 9.39. The lowest BCUT2D eigenvalue weighted by Crippen LogP contribution is -2.50. The zero-order valence-corrected chi connectivity index (χ0v) is 20.6. The minimum absolute atomic E-state index is 0.0615. The number of carbonyl (C=O) groups is 2. The number of amides is 2. The number of benzene rings is 2. The lowest BCUT2D eigenvalue weighted by atomic mass is 10.0. The van der Waals surface area contributed by atoms with Crippen molar-refractivity contribution in [1.29, 1.82) is 0 Å². The van der Waals surface area contributed by atoms with E-state index < -0.39 is 11.6 Å². The van der Waals surface area contributed by atoms with Gasteiger partial charge in [0.25, 0.3) is 5.91 Å². The second kappa shape index (κ2) is 10.1. The lowest BCUT2D eigenvalue weighted by molar-refractivity contribution is -0.143. The maximum atomic E-state index is 13.8. The number of para-hydroxylation sites is 1. The molecule has 0 fully saturated rings. The standard InChI is InChI=1S/C27H31N5O3/c1-5-27(3,4)28-26(34)25(23-11-8-16-35-23)31(17-20-14-12-19(2)13-15-20)24(33)18-32-22-10-7-6-9-21(22)29-30-32/h6-16,25H,5,17-18H2,1-4H3,(H,28,34)/t25-/m1/s1. The van der Waals surface area contributed by atoms with Crippen molar-refractivity contribution in [2.45, 2.75) is 58.8 Å². The summed E-state index contributed by atoms with van der Waals surface area (Å²) < 4.78 is 7.23. The Bertz CT molecular complexity index is 1290. The van der Waals surface area contributed by atoms with Crippen molar-refractivity contribution in [2.75, 3.05) is 0 Å². The van der Waals surface area contributed by atoms with Crippen LogP contribution < -0.4 is 5.32 Å². The van der Waals surface area contributed by atoms with Gasteiger partial charge in [0.1, 0.15) is 17.8 Å². The third-order valence-electron chi connectivity index (χ3n) is 6.22. The maximum absolute atomic E-state index is 13.8. The van der Waals surface area contributed by atoms with Gasteiger partial charge in [-0.05, 0) is 57.0 Å². The molecule has 2 aromatic carbocycles. The van der Waals surface area contributed by atoms with E-state index in [-0.39, 0.29) is 24.9 Å². The molecule has 0 spiro atoms. The predicted octanol–water partition coefficient (Wildman–Crippen LogP) is 4.41. The molecule has 0 saturated heterocycles. The summed E-state index contributed by atoms with van der Waals surface area (Å²) in [6.07, 6.45) is 2.25. The van der Waals surface area contributed by atoms with Crippen molar-refractivity contribution in [2.24, 2.45) is 0 Å². The molecule has 0 aliphatic rings. The van der Waals surface area contributed by atoms with Crippen LogP contribution >= 0.6 is 0 Å². The molecule has 1 N–H and O–H groups in total. The first-order valence-electron chi connectivity index (χ1n) is 11.8. The number of nitrogens with one attached hydrogen (secondary N) is 1. The fraction of sp³-hybridized carbons (Fsp3) is 0.333. The topological polar surface area (TPSA) is 93.3 Å². The molecule has 8 nitrogen and oxygen atoms in total. The van der Waals surface area contributed by atoms with Crippen molar-refractivity contribution < 1.29 is 14.0 Å². The average molecular weight is 474 g/mol. The molecule has 0 saturated carbocycles. The van der Waals surface area contributed by atoms with Crippen molar-refractivity contribution in [1.82, 2.24) is 25.2 Å². The summed E-state index contributed by atoms with van der Waals surface area (Å²) >= 11 is 0. The lowest BCUT2D eigenvalue weighted by Gasteiger charge is -2.33. The molecule has 0 unspecified atom stereocenters. The van der Waals surface area contributed by atoms with Crippen LogP contribution in [0.3, 0.4) is 0 Å². The number of aromatic nitrogens is 3. The van der Waals surface area contributed by atoms with Gasteiger partial charge in [-0.15, -0.1) is 5.10 Å². The van der Waals surface area contributed by atoms with Gasteiger partial charge in [0.15, 0.2) is 6.04 Å². The van der Waals surface area contributed by atoms with Crippen LogP contribution in [0.2, 0.25) is 0 Å². The fourth-order valence-electron chi connectivity index (χ4n) is 3.83. The van der Waals surface area contributed by atoms with Crippen LogP contribution in [0.4, 0.5) is 0 Å². The number of fused-ring (bicyclic) bond motifs is 1. The smallest absolute Gasteiger partial charge is 0.251 e. The first-order chi connectivity index (χ1) is 16.8. The quantitative estimate of drug-likeness (QED) is 0.389. The summed E-state index contributed by atoms with van der Waals surface area (Å²) in [5.74, 6) is -0.166. The molecule has 8 heteroatoms. The minimum Gasteiger partial charge on any atom is -0.467 e. The Morgan fingerprint density at radius 1 is 1.09 bits per heavy atom. The number of furan rings is 1. The van der Waals surface area contributed by atoms with Gasteiger partial charge in [0.05, 0.1) is 11.8 Å². The Labute approximate surface area is 204 Å². The van der Waals surface area contributed by atoms with Crippen LogP contribution in [0.15, 0.2) is 71.3 Å². The van der Waals surface area contributed by atoms with Crippen molar-refractivity contribution in [3.63, 3.8) is 0 Å². The van der Waals surface area contributed by atoms with E-state index in [1.54, 1.807) is 21.7 Å². The first-order valence-corrected chi connectivity index (χ1v) is 11.8. The third kappa shape index (κ3) is 5.59. The van der Waals surface area contributed by atoms with Gasteiger partial charge in [-0.1, -0.05) is 54.1 Å². The van der Waals surface area contributed by atoms with Crippen LogP contribution in [0.5, 0.6) is 0 Å². The predicted molar refractivity (Wildman–Crippen MR) is 133 cm³/mol. The molecule has 0 radical (unpaired) electrons. The van der Waals surface area contributed by atoms with Crippen LogP contribution in [-0.2, 0) is 22.7 Å². The number of hydrogen-bond acceptors (Lipinski definition) is 5. The number of carbonyl (C=O) groups excluding carboxylic acids is 2. The van der Waals surface area contributed by atoms with Crippen molar-refractivity contribution >= 4 is 22.8 Å². The molecule has 2 aromatic heterocycles. The van der Waals surface area contributed by atoms with E-state index in [0.717, 1.165) is 23.1 Å². The zero-order chi connectivity index (χ0) is 25.0. The molecular formula is C27H31N5O3. The number of nitrogens with zero attached hydrogens (tertiary/aromatic N) is 4. The molecule has 0 aliphatic heterocycles. The third-order valence-corrected chi connectivity index (χ3v) is 6.22. The van der Waals surface area contributed by atoms with Crippen molar-refractivity contribution in [3.8, 4) is 0 Å². The normalized spacial score (nSPS) is 12.5. The Morgan fingerprint density at radius 3 is 2.51 bits per heavy atom. The highest BCUT2D eigenvalue weighted by Crippen LogP contribution is 2.26. The van der Waals surface area contributed by atoms with Gasteiger partial charge < -0.3 is 14.6 Å². The second-order valence-electron chi connectivity index (χ2n) is 9.39. The van der Waals surface area contributed by atoms with Gasteiger partial charge in [0.2, 0.25) is 5.91 Å². The molecule has 0 bridgehead atoms. The summed E-state index contributed by atoms with van der Waals surface area (Å²) in [6.45, 7) is 8.10. The van der Waals surface area contributed by atoms with E-state index in [0.29, 0.717) is 11.3 Å². The van der Waals surface area contributed by atoms with Crippen LogP contribution in [0, 0.1) is 6.92 Å². The average Bonchev–Trinajstić information content (AvgIpc) is 3.50. The van der Waals surface area contributed by atoms with Crippen LogP contribution in [0.25, 0.3) is 11.0 Å². The van der Waals surface area contributed by atoms with E-state index in [1.807, 2.05) is 76.2 Å². The van der Waals surface area contributed by atoms with E-state index >= 15 is 0 Å². The van der Waals surface area contributed by atoms with E-state index in [2.05, 4.69) is 15.6 Å². The molecule has 182 valence electrons. The first kappa shape index (κ1) is 24.2. The Kier molecular flexibility index (Phi) is 7.00. The van der Waals surface area contributed by atoms with Crippen LogP contribution in [-0.4, -0.2) is 37.2 Å². The number of hydrogen-bond donors (Lipinski definition) is 1. The monoisotopic (exact) mass is 473 g/mol. The fourth-order valence-corrected chi connectivity index (χ4v) is 3.83. The highest BCUT2D eigenvalue weighted by Gasteiger charge is 2.36. The number of aryl methyl sites for hydroxylation is 1. The summed E-state index contributed by atoms with van der Waals surface area (Å²) in [5.41, 5.74) is 3.04. The largest absolute Gasteiger partial charge is 0.467 e. The van der Waals surface area contributed by atoms with E-state index in [9.17, 15) is 9.59 Å². The Balaban J connectivity index is 1.72. The van der Waals surface area contributed by atoms with Crippen molar-refractivity contribution in [3.05, 3.63) is 83.8 Å². The Morgan fingerprint density at radius 2 is 1.83 bits per heavy atom. The molecule has 35 heavy (non-hydrogen) atoms. The van der Waals surface area contributed by atoms with E-state index in [4.69, 9.17) is 4.42 Å².